The molecule has 6 nitrogen and oxygen atoms in total. The van der Waals surface area contributed by atoms with E-state index in [2.05, 4.69) is 15.9 Å². The second kappa shape index (κ2) is 4.93. The van der Waals surface area contributed by atoms with Gasteiger partial charge in [-0.25, -0.2) is 4.79 Å². The fourth-order valence-electron chi connectivity index (χ4n) is 1.17. The molecule has 2 N–H and O–H groups in total. The first kappa shape index (κ1) is 12.4. The summed E-state index contributed by atoms with van der Waals surface area (Å²) in [6.07, 6.45) is 0. The van der Waals surface area contributed by atoms with Crippen LogP contribution in [0.4, 0.5) is 11.4 Å². The van der Waals surface area contributed by atoms with Crippen molar-refractivity contribution in [2.24, 2.45) is 0 Å². The number of benzene rings is 1. The van der Waals surface area contributed by atoms with E-state index in [4.69, 9.17) is 10.5 Å². The molecule has 0 aliphatic carbocycles. The number of esters is 1. The summed E-state index contributed by atoms with van der Waals surface area (Å²) in [4.78, 5) is 21.6. The maximum atomic E-state index is 11.5. The van der Waals surface area contributed by atoms with E-state index in [-0.39, 0.29) is 28.0 Å². The van der Waals surface area contributed by atoms with Gasteiger partial charge in [-0.1, -0.05) is 0 Å². The van der Waals surface area contributed by atoms with Gasteiger partial charge in [0.15, 0.2) is 0 Å². The molecule has 1 aromatic carbocycles. The van der Waals surface area contributed by atoms with Crippen molar-refractivity contribution in [1.82, 2.24) is 0 Å². The second-order valence-electron chi connectivity index (χ2n) is 2.88. The summed E-state index contributed by atoms with van der Waals surface area (Å²) in [5, 5.41) is 10.8. The summed E-state index contributed by atoms with van der Waals surface area (Å²) in [5.74, 6) is -0.762. The SMILES string of the molecule is CCOC(=O)c1cc(N)cc(Br)c1[N+](=O)[O-]. The third-order valence-corrected chi connectivity index (χ3v) is 2.37. The predicted molar refractivity (Wildman–Crippen MR) is 61.2 cm³/mol. The molecule has 0 aliphatic heterocycles. The molecule has 0 heterocycles. The van der Waals surface area contributed by atoms with Gasteiger partial charge in [-0.15, -0.1) is 0 Å². The molecule has 0 aromatic heterocycles. The molecule has 0 radical (unpaired) electrons. The van der Waals surface area contributed by atoms with E-state index in [9.17, 15) is 14.9 Å². The van der Waals surface area contributed by atoms with Crippen molar-refractivity contribution in [2.45, 2.75) is 6.92 Å². The number of carbonyl (C=O) groups excluding carboxylic acids is 1. The fraction of sp³-hybridized carbons (Fsp3) is 0.222. The van der Waals surface area contributed by atoms with Gasteiger partial charge in [0.05, 0.1) is 16.0 Å². The molecule has 0 bridgehead atoms. The van der Waals surface area contributed by atoms with Crippen molar-refractivity contribution in [3.63, 3.8) is 0 Å². The lowest BCUT2D eigenvalue weighted by molar-refractivity contribution is -0.386. The number of nitrogens with zero attached hydrogens (tertiary/aromatic N) is 1. The first-order chi connectivity index (χ1) is 7.47. The van der Waals surface area contributed by atoms with Crippen molar-refractivity contribution in [1.29, 1.82) is 0 Å². The Bertz CT molecular complexity index is 447. The third-order valence-electron chi connectivity index (χ3n) is 1.76. The predicted octanol–water partition coefficient (Wildman–Crippen LogP) is 2.12. The molecule has 86 valence electrons. The van der Waals surface area contributed by atoms with E-state index in [1.54, 1.807) is 6.92 Å². The Balaban J connectivity index is 3.35. The van der Waals surface area contributed by atoms with Crippen LogP contribution in [-0.2, 0) is 4.74 Å². The molecule has 0 aliphatic rings. The standard InChI is InChI=1S/C9H9BrN2O4/c1-2-16-9(13)6-3-5(11)4-7(10)8(6)12(14)15/h3-4H,2,11H2,1H3. The van der Waals surface area contributed by atoms with Crippen molar-refractivity contribution in [3.05, 3.63) is 32.3 Å². The topological polar surface area (TPSA) is 95.5 Å². The van der Waals surface area contributed by atoms with Gasteiger partial charge in [0.1, 0.15) is 5.56 Å². The van der Waals surface area contributed by atoms with E-state index in [0.717, 1.165) is 0 Å². The molecular weight excluding hydrogens is 280 g/mol. The van der Waals surface area contributed by atoms with Gasteiger partial charge in [-0.2, -0.15) is 0 Å². The quantitative estimate of drug-likeness (QED) is 0.398. The minimum Gasteiger partial charge on any atom is -0.462 e. The number of nitro groups is 1. The summed E-state index contributed by atoms with van der Waals surface area (Å²) in [6, 6.07) is 2.59. The van der Waals surface area contributed by atoms with Gasteiger partial charge in [0.25, 0.3) is 5.69 Å². The highest BCUT2D eigenvalue weighted by molar-refractivity contribution is 9.10. The zero-order valence-electron chi connectivity index (χ0n) is 8.40. The van der Waals surface area contributed by atoms with Crippen LogP contribution < -0.4 is 5.73 Å². The lowest BCUT2D eigenvalue weighted by atomic mass is 10.1. The van der Waals surface area contributed by atoms with Crippen molar-refractivity contribution in [3.8, 4) is 0 Å². The number of hydrogen-bond acceptors (Lipinski definition) is 5. The van der Waals surface area contributed by atoms with Crippen molar-refractivity contribution < 1.29 is 14.5 Å². The fourth-order valence-corrected chi connectivity index (χ4v) is 1.79. The van der Waals surface area contributed by atoms with E-state index in [0.29, 0.717) is 0 Å². The zero-order chi connectivity index (χ0) is 12.3. The molecular formula is C9H9BrN2O4. The lowest BCUT2D eigenvalue weighted by Crippen LogP contribution is -2.09. The van der Waals surface area contributed by atoms with Crippen LogP contribution >= 0.6 is 15.9 Å². The van der Waals surface area contributed by atoms with Gasteiger partial charge in [-0.3, -0.25) is 10.1 Å². The maximum Gasteiger partial charge on any atom is 0.345 e. The van der Waals surface area contributed by atoms with E-state index in [1.807, 2.05) is 0 Å². The maximum absolute atomic E-state index is 11.5. The summed E-state index contributed by atoms with van der Waals surface area (Å²) in [7, 11) is 0. The van der Waals surface area contributed by atoms with Gasteiger partial charge in [0, 0.05) is 5.69 Å². The molecule has 1 rings (SSSR count). The lowest BCUT2D eigenvalue weighted by Gasteiger charge is -2.05. The summed E-state index contributed by atoms with van der Waals surface area (Å²) < 4.78 is 4.86. The van der Waals surface area contributed by atoms with Crippen LogP contribution in [0.25, 0.3) is 0 Å². The Morgan fingerprint density at radius 2 is 2.25 bits per heavy atom. The number of rotatable bonds is 3. The molecule has 0 amide bonds. The Morgan fingerprint density at radius 1 is 1.62 bits per heavy atom. The molecule has 0 saturated carbocycles. The van der Waals surface area contributed by atoms with Crippen LogP contribution in [0.15, 0.2) is 16.6 Å². The smallest absolute Gasteiger partial charge is 0.345 e. The van der Waals surface area contributed by atoms with Crippen LogP contribution in [-0.4, -0.2) is 17.5 Å². The molecule has 0 atom stereocenters. The molecule has 16 heavy (non-hydrogen) atoms. The van der Waals surface area contributed by atoms with Gasteiger partial charge >= 0.3 is 5.97 Å². The van der Waals surface area contributed by atoms with Crippen molar-refractivity contribution in [2.75, 3.05) is 12.3 Å². The molecule has 0 saturated heterocycles. The Morgan fingerprint density at radius 3 is 2.75 bits per heavy atom. The molecule has 0 fully saturated rings. The molecule has 1 aromatic rings. The highest BCUT2D eigenvalue weighted by Crippen LogP contribution is 2.31. The minimum atomic E-state index is -0.762. The van der Waals surface area contributed by atoms with Gasteiger partial charge in [0.2, 0.25) is 0 Å². The number of halogens is 1. The van der Waals surface area contributed by atoms with E-state index < -0.39 is 10.9 Å². The number of anilines is 1. The number of carbonyl (C=O) groups is 1. The minimum absolute atomic E-state index is 0.141. The Hall–Kier alpha value is -1.63. The molecule has 0 unspecified atom stereocenters. The third kappa shape index (κ3) is 2.48. The van der Waals surface area contributed by atoms with Crippen LogP contribution in [0, 0.1) is 10.1 Å². The van der Waals surface area contributed by atoms with E-state index >= 15 is 0 Å². The Kier molecular flexibility index (Phi) is 3.83. The number of nitro benzene ring substituents is 1. The van der Waals surface area contributed by atoms with Crippen LogP contribution in [0.5, 0.6) is 0 Å². The van der Waals surface area contributed by atoms with Crippen LogP contribution in [0.2, 0.25) is 0 Å². The number of ether oxygens (including phenoxy) is 1. The van der Waals surface area contributed by atoms with E-state index in [1.165, 1.54) is 12.1 Å². The summed E-state index contributed by atoms with van der Waals surface area (Å²) >= 11 is 2.99. The van der Waals surface area contributed by atoms with Crippen molar-refractivity contribution >= 4 is 33.3 Å². The average Bonchev–Trinajstić information content (AvgIpc) is 2.15. The first-order valence-corrected chi connectivity index (χ1v) is 5.17. The summed E-state index contributed by atoms with van der Waals surface area (Å²) in [6.45, 7) is 1.76. The largest absolute Gasteiger partial charge is 0.462 e. The number of nitrogens with two attached hydrogens (primary N) is 1. The Labute approximate surface area is 99.7 Å². The normalized spacial score (nSPS) is 9.88. The molecule has 0 spiro atoms. The zero-order valence-corrected chi connectivity index (χ0v) is 9.98. The molecule has 7 heteroatoms. The second-order valence-corrected chi connectivity index (χ2v) is 3.73. The monoisotopic (exact) mass is 288 g/mol. The van der Waals surface area contributed by atoms with Crippen LogP contribution in [0.3, 0.4) is 0 Å². The van der Waals surface area contributed by atoms with Gasteiger partial charge in [-0.05, 0) is 35.0 Å². The summed E-state index contributed by atoms with van der Waals surface area (Å²) in [5.41, 5.74) is 5.26. The highest BCUT2D eigenvalue weighted by atomic mass is 79.9. The first-order valence-electron chi connectivity index (χ1n) is 4.38. The highest BCUT2D eigenvalue weighted by Gasteiger charge is 2.25. The number of hydrogen-bond donors (Lipinski definition) is 1. The van der Waals surface area contributed by atoms with Gasteiger partial charge < -0.3 is 10.5 Å². The van der Waals surface area contributed by atoms with Crippen LogP contribution in [0.1, 0.15) is 17.3 Å². The average molecular weight is 289 g/mol. The number of nitrogen functional groups attached to an aromatic ring is 1.